The van der Waals surface area contributed by atoms with Crippen molar-refractivity contribution in [2.75, 3.05) is 27.2 Å². The lowest BCUT2D eigenvalue weighted by atomic mass is 9.99. The van der Waals surface area contributed by atoms with Gasteiger partial charge in [0.15, 0.2) is 0 Å². The van der Waals surface area contributed by atoms with E-state index in [4.69, 9.17) is 0 Å². The zero-order valence-corrected chi connectivity index (χ0v) is 10.6. The molecule has 15 heavy (non-hydrogen) atoms. The Labute approximate surface area is 93.8 Å². The van der Waals surface area contributed by atoms with Gasteiger partial charge in [-0.05, 0) is 19.4 Å². The molecule has 0 aliphatic heterocycles. The summed E-state index contributed by atoms with van der Waals surface area (Å²) in [5.41, 5.74) is 0. The first-order chi connectivity index (χ1) is 7.13. The number of hydrogen-bond acceptors (Lipinski definition) is 3. The van der Waals surface area contributed by atoms with Gasteiger partial charge in [-0.2, -0.15) is 0 Å². The molecule has 0 radical (unpaired) electrons. The minimum atomic E-state index is -0.150. The number of esters is 1. The van der Waals surface area contributed by atoms with Crippen LogP contribution in [-0.2, 0) is 9.53 Å². The first kappa shape index (κ1) is 14.4. The van der Waals surface area contributed by atoms with Crippen LogP contribution in [0.3, 0.4) is 0 Å². The summed E-state index contributed by atoms with van der Waals surface area (Å²) in [7, 11) is 3.41. The van der Waals surface area contributed by atoms with Crippen molar-refractivity contribution in [1.29, 1.82) is 0 Å². The van der Waals surface area contributed by atoms with Gasteiger partial charge in [0.2, 0.25) is 0 Å². The Morgan fingerprint density at radius 3 is 2.53 bits per heavy atom. The van der Waals surface area contributed by atoms with Gasteiger partial charge in [0, 0.05) is 6.54 Å². The standard InChI is InChI=1S/C12H25NO2/c1-5-7-8-11(6-2)9-13(3)10-12(14)15-4/h11H,5-10H2,1-4H3. The second-order valence-corrected chi connectivity index (χ2v) is 4.19. The maximum atomic E-state index is 11.0. The van der Waals surface area contributed by atoms with Crippen molar-refractivity contribution >= 4 is 5.97 Å². The summed E-state index contributed by atoms with van der Waals surface area (Å²) in [6, 6.07) is 0. The van der Waals surface area contributed by atoms with Gasteiger partial charge in [0.25, 0.3) is 0 Å². The van der Waals surface area contributed by atoms with Gasteiger partial charge in [0.05, 0.1) is 13.7 Å². The summed E-state index contributed by atoms with van der Waals surface area (Å²) >= 11 is 0. The minimum Gasteiger partial charge on any atom is -0.468 e. The molecular formula is C12H25NO2. The number of methoxy groups -OCH3 is 1. The highest BCUT2D eigenvalue weighted by Crippen LogP contribution is 2.13. The smallest absolute Gasteiger partial charge is 0.319 e. The average Bonchev–Trinajstić information content (AvgIpc) is 2.23. The highest BCUT2D eigenvalue weighted by Gasteiger charge is 2.12. The SMILES string of the molecule is CCCCC(CC)CN(C)CC(=O)OC. The van der Waals surface area contributed by atoms with Gasteiger partial charge in [-0.3, -0.25) is 9.69 Å². The molecule has 0 aliphatic carbocycles. The fourth-order valence-electron chi connectivity index (χ4n) is 1.71. The number of rotatable bonds is 8. The number of likely N-dealkylation sites (N-methyl/N-ethyl adjacent to an activating group) is 1. The van der Waals surface area contributed by atoms with Crippen LogP contribution in [0.1, 0.15) is 39.5 Å². The van der Waals surface area contributed by atoms with E-state index in [1.165, 1.54) is 32.8 Å². The van der Waals surface area contributed by atoms with Gasteiger partial charge < -0.3 is 4.74 Å². The van der Waals surface area contributed by atoms with Gasteiger partial charge in [0.1, 0.15) is 0 Å². The molecule has 0 saturated heterocycles. The lowest BCUT2D eigenvalue weighted by molar-refractivity contribution is -0.141. The third-order valence-corrected chi connectivity index (χ3v) is 2.74. The van der Waals surface area contributed by atoms with Crippen LogP contribution in [0.25, 0.3) is 0 Å². The van der Waals surface area contributed by atoms with Crippen LogP contribution in [0.15, 0.2) is 0 Å². The van der Waals surface area contributed by atoms with Crippen LogP contribution in [0.4, 0.5) is 0 Å². The average molecular weight is 215 g/mol. The Balaban J connectivity index is 3.79. The highest BCUT2D eigenvalue weighted by molar-refractivity contribution is 5.71. The molecule has 0 N–H and O–H groups in total. The lowest BCUT2D eigenvalue weighted by Gasteiger charge is -2.21. The Kier molecular flexibility index (Phi) is 8.38. The zero-order chi connectivity index (χ0) is 11.7. The van der Waals surface area contributed by atoms with Gasteiger partial charge >= 0.3 is 5.97 Å². The Bertz CT molecular complexity index is 171. The Morgan fingerprint density at radius 2 is 2.07 bits per heavy atom. The molecule has 0 heterocycles. The molecule has 90 valence electrons. The number of unbranched alkanes of at least 4 members (excludes halogenated alkanes) is 1. The summed E-state index contributed by atoms with van der Waals surface area (Å²) in [4.78, 5) is 13.1. The number of ether oxygens (including phenoxy) is 1. The van der Waals surface area contributed by atoms with Gasteiger partial charge in [-0.1, -0.05) is 33.1 Å². The second-order valence-electron chi connectivity index (χ2n) is 4.19. The molecule has 0 aromatic carbocycles. The third kappa shape index (κ3) is 7.37. The predicted octanol–water partition coefficient (Wildman–Crippen LogP) is 2.31. The monoisotopic (exact) mass is 215 g/mol. The lowest BCUT2D eigenvalue weighted by Crippen LogP contribution is -2.31. The van der Waals surface area contributed by atoms with E-state index in [1.54, 1.807) is 0 Å². The van der Waals surface area contributed by atoms with Crippen molar-refractivity contribution in [3.63, 3.8) is 0 Å². The van der Waals surface area contributed by atoms with E-state index in [1.807, 2.05) is 7.05 Å². The van der Waals surface area contributed by atoms with Crippen molar-refractivity contribution < 1.29 is 9.53 Å². The molecule has 0 aromatic heterocycles. The molecule has 0 aromatic rings. The number of nitrogens with zero attached hydrogens (tertiary/aromatic N) is 1. The number of carbonyl (C=O) groups is 1. The molecule has 0 amide bonds. The van der Waals surface area contributed by atoms with E-state index >= 15 is 0 Å². The first-order valence-electron chi connectivity index (χ1n) is 5.89. The van der Waals surface area contributed by atoms with E-state index < -0.39 is 0 Å². The fraction of sp³-hybridized carbons (Fsp3) is 0.917. The van der Waals surface area contributed by atoms with Crippen LogP contribution in [0.5, 0.6) is 0 Å². The maximum absolute atomic E-state index is 11.0. The molecule has 0 rings (SSSR count). The van der Waals surface area contributed by atoms with E-state index in [2.05, 4.69) is 23.5 Å². The van der Waals surface area contributed by atoms with Crippen molar-refractivity contribution in [3.8, 4) is 0 Å². The van der Waals surface area contributed by atoms with Crippen LogP contribution >= 0.6 is 0 Å². The molecule has 0 bridgehead atoms. The minimum absolute atomic E-state index is 0.150. The normalized spacial score (nSPS) is 12.9. The van der Waals surface area contributed by atoms with Crippen LogP contribution < -0.4 is 0 Å². The van der Waals surface area contributed by atoms with E-state index in [0.29, 0.717) is 12.5 Å². The fourth-order valence-corrected chi connectivity index (χ4v) is 1.71. The second kappa shape index (κ2) is 8.72. The number of hydrogen-bond donors (Lipinski definition) is 0. The van der Waals surface area contributed by atoms with E-state index in [0.717, 1.165) is 6.54 Å². The van der Waals surface area contributed by atoms with Crippen LogP contribution in [-0.4, -0.2) is 38.1 Å². The molecular weight excluding hydrogens is 190 g/mol. The Hall–Kier alpha value is -0.570. The maximum Gasteiger partial charge on any atom is 0.319 e. The van der Waals surface area contributed by atoms with E-state index in [-0.39, 0.29) is 5.97 Å². The van der Waals surface area contributed by atoms with Crippen molar-refractivity contribution in [2.45, 2.75) is 39.5 Å². The van der Waals surface area contributed by atoms with Gasteiger partial charge in [-0.25, -0.2) is 0 Å². The predicted molar refractivity (Wildman–Crippen MR) is 62.8 cm³/mol. The van der Waals surface area contributed by atoms with Crippen molar-refractivity contribution in [3.05, 3.63) is 0 Å². The quantitative estimate of drug-likeness (QED) is 0.582. The summed E-state index contributed by atoms with van der Waals surface area (Å²) in [6.07, 6.45) is 4.98. The third-order valence-electron chi connectivity index (χ3n) is 2.74. The molecule has 3 nitrogen and oxygen atoms in total. The molecule has 0 aliphatic rings. The summed E-state index contributed by atoms with van der Waals surface area (Å²) in [5, 5.41) is 0. The molecule has 0 saturated carbocycles. The summed E-state index contributed by atoms with van der Waals surface area (Å²) in [5.74, 6) is 0.558. The molecule has 0 spiro atoms. The topological polar surface area (TPSA) is 29.5 Å². The van der Waals surface area contributed by atoms with Crippen LogP contribution in [0, 0.1) is 5.92 Å². The largest absolute Gasteiger partial charge is 0.468 e. The summed E-state index contributed by atoms with van der Waals surface area (Å²) < 4.78 is 4.64. The number of carbonyl (C=O) groups excluding carboxylic acids is 1. The van der Waals surface area contributed by atoms with Crippen molar-refractivity contribution in [1.82, 2.24) is 4.90 Å². The Morgan fingerprint density at radius 1 is 1.40 bits per heavy atom. The van der Waals surface area contributed by atoms with Crippen molar-refractivity contribution in [2.24, 2.45) is 5.92 Å². The summed E-state index contributed by atoms with van der Waals surface area (Å²) in [6.45, 7) is 5.82. The highest BCUT2D eigenvalue weighted by atomic mass is 16.5. The zero-order valence-electron chi connectivity index (χ0n) is 10.6. The van der Waals surface area contributed by atoms with E-state index in [9.17, 15) is 4.79 Å². The van der Waals surface area contributed by atoms with Gasteiger partial charge in [-0.15, -0.1) is 0 Å². The molecule has 3 heteroatoms. The molecule has 0 fully saturated rings. The van der Waals surface area contributed by atoms with Crippen LogP contribution in [0.2, 0.25) is 0 Å². The molecule has 1 unspecified atom stereocenters. The molecule has 1 atom stereocenters. The first-order valence-corrected chi connectivity index (χ1v) is 5.89.